The van der Waals surface area contributed by atoms with Crippen molar-refractivity contribution in [3.8, 4) is 0 Å². The molecule has 0 aliphatic heterocycles. The number of aromatic nitrogens is 3. The molecular weight excluding hydrogens is 352 g/mol. The average molecular weight is 373 g/mol. The molecular formula is C19H21ClN4O2. The van der Waals surface area contributed by atoms with Gasteiger partial charge in [-0.05, 0) is 37.1 Å². The van der Waals surface area contributed by atoms with Crippen molar-refractivity contribution < 1.29 is 9.53 Å². The highest BCUT2D eigenvalue weighted by atomic mass is 35.5. The Morgan fingerprint density at radius 1 is 1.35 bits per heavy atom. The summed E-state index contributed by atoms with van der Waals surface area (Å²) in [6.07, 6.45) is 2.26. The maximum Gasteiger partial charge on any atom is 0.256 e. The molecule has 7 heteroatoms. The molecule has 136 valence electrons. The summed E-state index contributed by atoms with van der Waals surface area (Å²) < 4.78 is 6.68. The fraction of sp³-hybridized carbons (Fsp3) is 0.316. The molecule has 0 aliphatic carbocycles. The maximum atomic E-state index is 12.4. The molecule has 6 nitrogen and oxygen atoms in total. The van der Waals surface area contributed by atoms with Gasteiger partial charge in [-0.3, -0.25) is 4.79 Å². The summed E-state index contributed by atoms with van der Waals surface area (Å²) >= 11 is 6.09. The van der Waals surface area contributed by atoms with Crippen LogP contribution in [0.15, 0.2) is 30.5 Å². The number of carbonyl (C=O) groups excluding carboxylic acids is 1. The van der Waals surface area contributed by atoms with Crippen LogP contribution in [-0.4, -0.2) is 40.8 Å². The number of hydrogen-bond acceptors (Lipinski definition) is 4. The number of methoxy groups -OCH3 is 1. The van der Waals surface area contributed by atoms with Gasteiger partial charge in [-0.25, -0.2) is 9.50 Å². The van der Waals surface area contributed by atoms with E-state index >= 15 is 0 Å². The van der Waals surface area contributed by atoms with Gasteiger partial charge in [0.25, 0.3) is 5.91 Å². The summed E-state index contributed by atoms with van der Waals surface area (Å²) in [5.41, 5.74) is 5.04. The zero-order chi connectivity index (χ0) is 18.7. The van der Waals surface area contributed by atoms with E-state index in [-0.39, 0.29) is 5.91 Å². The predicted octanol–water partition coefficient (Wildman–Crippen LogP) is 2.97. The van der Waals surface area contributed by atoms with Crippen LogP contribution in [0.1, 0.15) is 32.9 Å². The van der Waals surface area contributed by atoms with Crippen LogP contribution >= 0.6 is 11.6 Å². The van der Waals surface area contributed by atoms with E-state index in [0.717, 1.165) is 22.5 Å². The fourth-order valence-corrected chi connectivity index (χ4v) is 3.15. The normalized spacial score (nSPS) is 11.1. The lowest BCUT2D eigenvalue weighted by Crippen LogP contribution is -2.27. The number of benzene rings is 1. The summed E-state index contributed by atoms with van der Waals surface area (Å²) in [5.74, 6) is -0.203. The lowest BCUT2D eigenvalue weighted by Gasteiger charge is -2.12. The Hall–Kier alpha value is -2.44. The highest BCUT2D eigenvalue weighted by Crippen LogP contribution is 2.21. The van der Waals surface area contributed by atoms with Crippen molar-refractivity contribution in [2.24, 2.45) is 0 Å². The van der Waals surface area contributed by atoms with Crippen LogP contribution in [0.2, 0.25) is 5.02 Å². The molecule has 26 heavy (non-hydrogen) atoms. The number of aryl methyl sites for hydroxylation is 2. The number of rotatable bonds is 6. The van der Waals surface area contributed by atoms with Crippen LogP contribution in [-0.2, 0) is 11.2 Å². The first-order chi connectivity index (χ1) is 12.5. The van der Waals surface area contributed by atoms with Crippen molar-refractivity contribution in [1.29, 1.82) is 0 Å². The Morgan fingerprint density at radius 2 is 2.15 bits per heavy atom. The Balaban J connectivity index is 1.95. The Bertz CT molecular complexity index is 952. The van der Waals surface area contributed by atoms with Crippen molar-refractivity contribution in [3.05, 3.63) is 63.6 Å². The first-order valence-electron chi connectivity index (χ1n) is 8.36. The number of nitrogens with zero attached hydrogens (tertiary/aromatic N) is 3. The van der Waals surface area contributed by atoms with Gasteiger partial charge in [0.1, 0.15) is 5.56 Å². The van der Waals surface area contributed by atoms with Crippen LogP contribution in [0.25, 0.3) is 5.65 Å². The second-order valence-electron chi connectivity index (χ2n) is 6.11. The van der Waals surface area contributed by atoms with Crippen LogP contribution in [0.3, 0.4) is 0 Å². The van der Waals surface area contributed by atoms with Gasteiger partial charge in [0, 0.05) is 36.5 Å². The van der Waals surface area contributed by atoms with Crippen molar-refractivity contribution in [1.82, 2.24) is 19.9 Å². The number of hydrogen-bond donors (Lipinski definition) is 1. The van der Waals surface area contributed by atoms with Crippen molar-refractivity contribution >= 4 is 23.2 Å². The topological polar surface area (TPSA) is 68.5 Å². The third-order valence-electron chi connectivity index (χ3n) is 4.31. The molecule has 0 aliphatic rings. The van der Waals surface area contributed by atoms with Gasteiger partial charge < -0.3 is 10.1 Å². The minimum absolute atomic E-state index is 0.203. The first kappa shape index (κ1) is 18.4. The first-order valence-corrected chi connectivity index (χ1v) is 8.74. The molecule has 0 atom stereocenters. The third-order valence-corrected chi connectivity index (χ3v) is 4.55. The number of ether oxygens (including phenoxy) is 1. The maximum absolute atomic E-state index is 12.4. The van der Waals surface area contributed by atoms with E-state index in [2.05, 4.69) is 15.4 Å². The minimum Gasteiger partial charge on any atom is -0.383 e. The fourth-order valence-electron chi connectivity index (χ4n) is 2.94. The molecule has 1 amide bonds. The summed E-state index contributed by atoms with van der Waals surface area (Å²) in [6, 6.07) is 7.77. The van der Waals surface area contributed by atoms with Crippen molar-refractivity contribution in [2.75, 3.05) is 20.3 Å². The molecule has 2 heterocycles. The quantitative estimate of drug-likeness (QED) is 0.675. The highest BCUT2D eigenvalue weighted by Gasteiger charge is 2.18. The van der Waals surface area contributed by atoms with Gasteiger partial charge in [-0.15, -0.1) is 0 Å². The summed E-state index contributed by atoms with van der Waals surface area (Å²) in [4.78, 5) is 17.0. The molecule has 0 saturated carbocycles. The number of fused-ring (bicyclic) bond motifs is 1. The van der Waals surface area contributed by atoms with Crippen molar-refractivity contribution in [2.45, 2.75) is 20.3 Å². The summed E-state index contributed by atoms with van der Waals surface area (Å²) in [7, 11) is 1.59. The molecule has 0 unspecified atom stereocenters. The largest absolute Gasteiger partial charge is 0.383 e. The second-order valence-corrected chi connectivity index (χ2v) is 6.55. The van der Waals surface area contributed by atoms with Gasteiger partial charge in [0.15, 0.2) is 5.65 Å². The molecule has 0 radical (unpaired) electrons. The van der Waals surface area contributed by atoms with E-state index < -0.39 is 0 Å². The molecule has 0 bridgehead atoms. The molecule has 3 rings (SSSR count). The van der Waals surface area contributed by atoms with E-state index in [1.165, 1.54) is 0 Å². The molecule has 3 aromatic rings. The van der Waals surface area contributed by atoms with Gasteiger partial charge in [0.2, 0.25) is 0 Å². The molecule has 0 saturated heterocycles. The number of carbonyl (C=O) groups is 1. The van der Waals surface area contributed by atoms with Gasteiger partial charge in [0.05, 0.1) is 12.8 Å². The monoisotopic (exact) mass is 372 g/mol. The predicted molar refractivity (Wildman–Crippen MR) is 101 cm³/mol. The number of halogens is 1. The highest BCUT2D eigenvalue weighted by molar-refractivity contribution is 6.30. The van der Waals surface area contributed by atoms with E-state index in [0.29, 0.717) is 35.8 Å². The lowest BCUT2D eigenvalue weighted by atomic mass is 10.0. The van der Waals surface area contributed by atoms with E-state index in [4.69, 9.17) is 16.3 Å². The van der Waals surface area contributed by atoms with E-state index in [1.54, 1.807) is 17.8 Å². The molecule has 0 spiro atoms. The third kappa shape index (κ3) is 3.71. The van der Waals surface area contributed by atoms with Gasteiger partial charge >= 0.3 is 0 Å². The molecule has 1 N–H and O–H groups in total. The van der Waals surface area contributed by atoms with Crippen molar-refractivity contribution in [3.63, 3.8) is 0 Å². The van der Waals surface area contributed by atoms with Crippen LogP contribution in [0.5, 0.6) is 0 Å². The Kier molecular flexibility index (Phi) is 5.54. The second kappa shape index (κ2) is 7.85. The minimum atomic E-state index is -0.203. The summed E-state index contributed by atoms with van der Waals surface area (Å²) in [5, 5.41) is 7.88. The van der Waals surface area contributed by atoms with Gasteiger partial charge in [-0.2, -0.15) is 5.10 Å². The molecule has 0 fully saturated rings. The number of nitrogens with one attached hydrogen (secondary N) is 1. The Labute approximate surface area is 157 Å². The number of amides is 1. The van der Waals surface area contributed by atoms with E-state index in [1.807, 2.05) is 38.1 Å². The van der Waals surface area contributed by atoms with Gasteiger partial charge in [-0.1, -0.05) is 23.7 Å². The molecule has 2 aromatic heterocycles. The molecule has 1 aromatic carbocycles. The smallest absolute Gasteiger partial charge is 0.256 e. The SMILES string of the molecule is COCCNC(=O)c1cnn2c(C)c(Cc3cccc(Cl)c3)c(C)nc12. The zero-order valence-corrected chi connectivity index (χ0v) is 15.8. The van der Waals surface area contributed by atoms with Crippen LogP contribution in [0, 0.1) is 13.8 Å². The standard InChI is InChI=1S/C19H21ClN4O2/c1-12-16(10-14-5-4-6-15(20)9-14)13(2)24-18(23-12)17(11-22-24)19(25)21-7-8-26-3/h4-6,9,11H,7-8,10H2,1-3H3,(H,21,25). The summed E-state index contributed by atoms with van der Waals surface area (Å²) in [6.45, 7) is 4.84. The Morgan fingerprint density at radius 3 is 2.88 bits per heavy atom. The lowest BCUT2D eigenvalue weighted by molar-refractivity contribution is 0.0938. The van der Waals surface area contributed by atoms with Crippen LogP contribution < -0.4 is 5.32 Å². The van der Waals surface area contributed by atoms with E-state index in [9.17, 15) is 4.79 Å². The zero-order valence-electron chi connectivity index (χ0n) is 15.0. The average Bonchev–Trinajstić information content (AvgIpc) is 3.02. The van der Waals surface area contributed by atoms with Crippen LogP contribution in [0.4, 0.5) is 0 Å².